The smallest absolute Gasteiger partial charge is 0.137 e. The lowest BCUT2D eigenvalue weighted by Gasteiger charge is -2.53. The zero-order valence-electron chi connectivity index (χ0n) is 21.4. The zero-order valence-corrected chi connectivity index (χ0v) is 21.4. The molecule has 4 aliphatic carbocycles. The molecular formula is C31H39NO2. The van der Waals surface area contributed by atoms with Crippen molar-refractivity contribution in [2.45, 2.75) is 77.2 Å². The number of Topliss-reactive ketones (excluding diaryl/α,β-unsaturated/α-hetero) is 1. The average Bonchev–Trinajstić information content (AvgIpc) is 3.07. The van der Waals surface area contributed by atoms with Gasteiger partial charge in [0, 0.05) is 49.9 Å². The molecule has 3 heteroatoms. The van der Waals surface area contributed by atoms with Gasteiger partial charge in [0.1, 0.15) is 11.4 Å². The summed E-state index contributed by atoms with van der Waals surface area (Å²) >= 11 is 0. The molecule has 180 valence electrons. The van der Waals surface area contributed by atoms with E-state index in [1.54, 1.807) is 5.57 Å². The predicted octanol–water partition coefficient (Wildman–Crippen LogP) is 6.04. The summed E-state index contributed by atoms with van der Waals surface area (Å²) in [5.74, 6) is 8.44. The summed E-state index contributed by atoms with van der Waals surface area (Å²) in [6.07, 6.45) is 8.19. The Morgan fingerprint density at radius 3 is 2.56 bits per heavy atom. The van der Waals surface area contributed by atoms with Gasteiger partial charge in [-0.3, -0.25) is 4.79 Å². The number of benzene rings is 1. The molecule has 0 aliphatic heterocycles. The first kappa shape index (κ1) is 23.4. The van der Waals surface area contributed by atoms with Crippen molar-refractivity contribution < 1.29 is 9.90 Å². The number of rotatable bonds is 2. The maximum absolute atomic E-state index is 12.3. The van der Waals surface area contributed by atoms with Gasteiger partial charge in [-0.2, -0.15) is 0 Å². The van der Waals surface area contributed by atoms with Crippen LogP contribution in [0, 0.1) is 35.0 Å². The van der Waals surface area contributed by atoms with Crippen LogP contribution >= 0.6 is 0 Å². The van der Waals surface area contributed by atoms with E-state index in [0.717, 1.165) is 32.1 Å². The maximum atomic E-state index is 12.3. The quantitative estimate of drug-likeness (QED) is 0.550. The summed E-state index contributed by atoms with van der Waals surface area (Å²) in [4.78, 5) is 14.4. The second kappa shape index (κ2) is 8.42. The van der Waals surface area contributed by atoms with Gasteiger partial charge in [-0.15, -0.1) is 0 Å². The molecule has 1 N–H and O–H groups in total. The molecule has 1 aromatic carbocycles. The fraction of sp³-hybridized carbons (Fsp3) is 0.581. The number of nitrogens with zero attached hydrogens (tertiary/aromatic N) is 1. The SMILES string of the molecule is CC(C)C#C[C@]1(O)CCC2C3CC=C4CC(=O)CCC4=C3C(c3ccc(N(C)C)cc3)C[C@@]21C. The molecule has 3 nitrogen and oxygen atoms in total. The fourth-order valence-electron chi connectivity index (χ4n) is 7.37. The van der Waals surface area contributed by atoms with Crippen LogP contribution in [0.4, 0.5) is 5.69 Å². The molecule has 0 aromatic heterocycles. The minimum atomic E-state index is -0.938. The molecule has 0 amide bonds. The Kier molecular flexibility index (Phi) is 5.80. The summed E-state index contributed by atoms with van der Waals surface area (Å²) in [7, 11) is 4.15. The van der Waals surface area contributed by atoms with Crippen LogP contribution in [0.2, 0.25) is 0 Å². The molecule has 3 unspecified atom stereocenters. The minimum Gasteiger partial charge on any atom is -0.378 e. The van der Waals surface area contributed by atoms with Crippen LogP contribution in [0.25, 0.3) is 0 Å². The fourth-order valence-corrected chi connectivity index (χ4v) is 7.37. The maximum Gasteiger partial charge on any atom is 0.137 e. The van der Waals surface area contributed by atoms with E-state index in [1.807, 2.05) is 0 Å². The molecule has 3 saturated carbocycles. The summed E-state index contributed by atoms with van der Waals surface area (Å²) < 4.78 is 0. The van der Waals surface area contributed by atoms with Crippen LogP contribution in [0.1, 0.15) is 77.2 Å². The van der Waals surface area contributed by atoms with Crippen LogP contribution in [0.3, 0.4) is 0 Å². The summed E-state index contributed by atoms with van der Waals surface area (Å²) in [6.45, 7) is 6.51. The van der Waals surface area contributed by atoms with E-state index >= 15 is 0 Å². The van der Waals surface area contributed by atoms with Gasteiger partial charge in [0.25, 0.3) is 0 Å². The van der Waals surface area contributed by atoms with Gasteiger partial charge in [0.05, 0.1) is 0 Å². The van der Waals surface area contributed by atoms with Gasteiger partial charge < -0.3 is 10.0 Å². The first-order valence-electron chi connectivity index (χ1n) is 13.1. The summed E-state index contributed by atoms with van der Waals surface area (Å²) in [6, 6.07) is 9.00. The van der Waals surface area contributed by atoms with E-state index in [-0.39, 0.29) is 17.3 Å². The average molecular weight is 458 g/mol. The van der Waals surface area contributed by atoms with Crippen molar-refractivity contribution in [2.24, 2.45) is 23.2 Å². The van der Waals surface area contributed by atoms with E-state index < -0.39 is 5.60 Å². The van der Waals surface area contributed by atoms with Crippen LogP contribution in [0.5, 0.6) is 0 Å². The van der Waals surface area contributed by atoms with E-state index in [1.165, 1.54) is 22.4 Å². The lowest BCUT2D eigenvalue weighted by Crippen LogP contribution is -2.50. The largest absolute Gasteiger partial charge is 0.378 e. The molecular weight excluding hydrogens is 418 g/mol. The van der Waals surface area contributed by atoms with Crippen LogP contribution < -0.4 is 4.90 Å². The van der Waals surface area contributed by atoms with Crippen molar-refractivity contribution in [3.8, 4) is 11.8 Å². The summed E-state index contributed by atoms with van der Waals surface area (Å²) in [5.41, 5.74) is 5.67. The van der Waals surface area contributed by atoms with E-state index in [0.29, 0.717) is 30.5 Å². The Labute approximate surface area is 205 Å². The highest BCUT2D eigenvalue weighted by molar-refractivity contribution is 5.84. The Morgan fingerprint density at radius 2 is 1.88 bits per heavy atom. The third kappa shape index (κ3) is 3.66. The number of aliphatic hydroxyl groups is 1. The molecule has 0 spiro atoms. The van der Waals surface area contributed by atoms with Crippen molar-refractivity contribution in [1.29, 1.82) is 0 Å². The molecule has 0 heterocycles. The van der Waals surface area contributed by atoms with Gasteiger partial charge in [0.2, 0.25) is 0 Å². The van der Waals surface area contributed by atoms with Crippen molar-refractivity contribution in [3.63, 3.8) is 0 Å². The molecule has 0 bridgehead atoms. The van der Waals surface area contributed by atoms with Gasteiger partial charge in [-0.05, 0) is 72.8 Å². The molecule has 5 atom stereocenters. The van der Waals surface area contributed by atoms with Gasteiger partial charge in [-0.25, -0.2) is 0 Å². The first-order chi connectivity index (χ1) is 16.1. The van der Waals surface area contributed by atoms with Crippen molar-refractivity contribution in [1.82, 2.24) is 0 Å². The van der Waals surface area contributed by atoms with Crippen molar-refractivity contribution in [2.75, 3.05) is 19.0 Å². The molecule has 4 aliphatic rings. The van der Waals surface area contributed by atoms with Crippen molar-refractivity contribution >= 4 is 11.5 Å². The second-order valence-corrected chi connectivity index (χ2v) is 11.8. The second-order valence-electron chi connectivity index (χ2n) is 11.8. The number of fused-ring (bicyclic) bond motifs is 4. The molecule has 0 radical (unpaired) electrons. The molecule has 0 saturated heterocycles. The van der Waals surface area contributed by atoms with E-state index in [9.17, 15) is 9.90 Å². The van der Waals surface area contributed by atoms with Crippen LogP contribution in [-0.4, -0.2) is 30.6 Å². The lowest BCUT2D eigenvalue weighted by molar-refractivity contribution is -0.118. The predicted molar refractivity (Wildman–Crippen MR) is 139 cm³/mol. The number of carbonyl (C=O) groups is 1. The molecule has 3 fully saturated rings. The highest BCUT2D eigenvalue weighted by atomic mass is 16.3. The highest BCUT2D eigenvalue weighted by Gasteiger charge is 2.62. The topological polar surface area (TPSA) is 40.5 Å². The van der Waals surface area contributed by atoms with Gasteiger partial charge in [-0.1, -0.05) is 56.4 Å². The number of ketones is 1. The number of allylic oxidation sites excluding steroid dienone is 4. The first-order valence-corrected chi connectivity index (χ1v) is 13.1. The minimum absolute atomic E-state index is 0.246. The van der Waals surface area contributed by atoms with E-state index in [4.69, 9.17) is 0 Å². The van der Waals surface area contributed by atoms with Crippen molar-refractivity contribution in [3.05, 3.63) is 52.6 Å². The van der Waals surface area contributed by atoms with Crippen LogP contribution in [-0.2, 0) is 4.79 Å². The Hall–Kier alpha value is -2.31. The Balaban J connectivity index is 1.63. The normalized spacial score (nSPS) is 34.6. The standard InChI is InChI=1S/C31H39NO2/c1-20(2)14-16-31(34)17-15-28-26-12-8-22-18-24(33)11-13-25(22)29(26)27(19-30(28,31)3)21-6-9-23(10-7-21)32(4)5/h6-10,20,26-28,34H,11-13,15,17-19H2,1-5H3/t26?,27?,28?,30-,31-/m0/s1. The van der Waals surface area contributed by atoms with E-state index in [2.05, 4.69) is 81.9 Å². The summed E-state index contributed by atoms with van der Waals surface area (Å²) in [5, 5.41) is 12.0. The number of hydrogen-bond acceptors (Lipinski definition) is 3. The van der Waals surface area contributed by atoms with Crippen LogP contribution in [0.15, 0.2) is 47.1 Å². The molecule has 5 rings (SSSR count). The Morgan fingerprint density at radius 1 is 1.15 bits per heavy atom. The van der Waals surface area contributed by atoms with Gasteiger partial charge >= 0.3 is 0 Å². The Bertz CT molecular complexity index is 1110. The number of hydrogen-bond donors (Lipinski definition) is 1. The number of carbonyl (C=O) groups excluding carboxylic acids is 1. The molecule has 34 heavy (non-hydrogen) atoms. The van der Waals surface area contributed by atoms with Gasteiger partial charge in [0.15, 0.2) is 0 Å². The zero-order chi connectivity index (χ0) is 24.3. The third-order valence-corrected chi connectivity index (χ3v) is 9.24. The highest BCUT2D eigenvalue weighted by Crippen LogP contribution is 2.66. The lowest BCUT2D eigenvalue weighted by atomic mass is 9.51. The monoisotopic (exact) mass is 457 g/mol. The molecule has 1 aromatic rings. The number of anilines is 1. The third-order valence-electron chi connectivity index (χ3n) is 9.24.